The van der Waals surface area contributed by atoms with Crippen molar-refractivity contribution in [2.75, 3.05) is 0 Å². The Bertz CT molecular complexity index is 1020. The molecular formula is C24H24N2O4. The predicted octanol–water partition coefficient (Wildman–Crippen LogP) is 3.19. The predicted molar refractivity (Wildman–Crippen MR) is 113 cm³/mol. The average Bonchev–Trinajstić information content (AvgIpc) is 3.03. The van der Waals surface area contributed by atoms with E-state index >= 15 is 0 Å². The molecule has 1 aromatic heterocycles. The quantitative estimate of drug-likeness (QED) is 0.607. The minimum Gasteiger partial charge on any atom is -0.438 e. The molecule has 154 valence electrons. The molecule has 3 aromatic rings. The number of para-hydroxylation sites is 1. The van der Waals surface area contributed by atoms with E-state index in [0.717, 1.165) is 11.1 Å². The number of carbonyl (C=O) groups excluding carboxylic acids is 1. The zero-order valence-corrected chi connectivity index (χ0v) is 16.6. The number of ether oxygens (including phenoxy) is 1. The summed E-state index contributed by atoms with van der Waals surface area (Å²) in [5.74, 6) is 0.141. The van der Waals surface area contributed by atoms with Crippen molar-refractivity contribution < 1.29 is 19.7 Å². The highest BCUT2D eigenvalue weighted by Gasteiger charge is 2.43. The van der Waals surface area contributed by atoms with Crippen molar-refractivity contribution in [2.45, 2.75) is 37.5 Å². The van der Waals surface area contributed by atoms with Gasteiger partial charge in [0.1, 0.15) is 17.4 Å². The van der Waals surface area contributed by atoms with Gasteiger partial charge in [-0.3, -0.25) is 4.79 Å². The van der Waals surface area contributed by atoms with E-state index in [2.05, 4.69) is 10.3 Å². The third kappa shape index (κ3) is 4.06. The summed E-state index contributed by atoms with van der Waals surface area (Å²) in [6.07, 6.45) is -0.0425. The van der Waals surface area contributed by atoms with Crippen molar-refractivity contribution in [2.24, 2.45) is 0 Å². The fourth-order valence-corrected chi connectivity index (χ4v) is 4.01. The average molecular weight is 404 g/mol. The highest BCUT2D eigenvalue weighted by molar-refractivity contribution is 5.96. The van der Waals surface area contributed by atoms with E-state index in [9.17, 15) is 15.0 Å². The Labute approximate surface area is 175 Å². The number of benzene rings is 2. The van der Waals surface area contributed by atoms with E-state index in [0.29, 0.717) is 12.2 Å². The zero-order chi connectivity index (χ0) is 21.1. The minimum absolute atomic E-state index is 0.182. The topological polar surface area (TPSA) is 91.7 Å². The molecule has 1 saturated carbocycles. The van der Waals surface area contributed by atoms with E-state index in [1.54, 1.807) is 30.5 Å². The molecule has 6 heteroatoms. The number of carbonyl (C=O) groups is 1. The number of hydrogen-bond donors (Lipinski definition) is 3. The van der Waals surface area contributed by atoms with Gasteiger partial charge in [-0.2, -0.15) is 0 Å². The van der Waals surface area contributed by atoms with Gasteiger partial charge in [-0.05, 0) is 48.7 Å². The standard InChI is InChI=1S/C24H24N2O4/c1-15-8-5-6-11-17(15)19-14-20(27)22(28)21(19)26-23(29)18-12-7-13-25-24(18)30-16-9-3-2-4-10-16/h2-13,19-22,27-28H,14H2,1H3,(H,26,29)/t19-,20-,21-,22-/m1/s1. The molecule has 0 unspecified atom stereocenters. The molecule has 1 amide bonds. The largest absolute Gasteiger partial charge is 0.438 e. The van der Waals surface area contributed by atoms with Crippen LogP contribution in [0, 0.1) is 6.92 Å². The Morgan fingerprint density at radius 3 is 2.53 bits per heavy atom. The van der Waals surface area contributed by atoms with Crippen LogP contribution in [0.1, 0.15) is 33.8 Å². The number of aryl methyl sites for hydroxylation is 1. The highest BCUT2D eigenvalue weighted by Crippen LogP contribution is 2.37. The van der Waals surface area contributed by atoms with Gasteiger partial charge in [-0.15, -0.1) is 0 Å². The monoisotopic (exact) mass is 404 g/mol. The van der Waals surface area contributed by atoms with Crippen LogP contribution in [-0.2, 0) is 0 Å². The fraction of sp³-hybridized carbons (Fsp3) is 0.250. The van der Waals surface area contributed by atoms with Gasteiger partial charge >= 0.3 is 0 Å². The molecule has 0 spiro atoms. The second-order valence-corrected chi connectivity index (χ2v) is 7.53. The van der Waals surface area contributed by atoms with Crippen LogP contribution in [0.5, 0.6) is 11.6 Å². The summed E-state index contributed by atoms with van der Waals surface area (Å²) in [6.45, 7) is 1.98. The Morgan fingerprint density at radius 1 is 1.03 bits per heavy atom. The summed E-state index contributed by atoms with van der Waals surface area (Å²) >= 11 is 0. The molecule has 30 heavy (non-hydrogen) atoms. The van der Waals surface area contributed by atoms with Gasteiger partial charge in [-0.1, -0.05) is 42.5 Å². The van der Waals surface area contributed by atoms with Crippen molar-refractivity contribution in [3.8, 4) is 11.6 Å². The molecule has 6 nitrogen and oxygen atoms in total. The molecule has 2 aromatic carbocycles. The molecule has 4 rings (SSSR count). The highest BCUT2D eigenvalue weighted by atomic mass is 16.5. The number of aliphatic hydroxyl groups excluding tert-OH is 2. The summed E-state index contributed by atoms with van der Waals surface area (Å²) < 4.78 is 5.79. The number of pyridine rings is 1. The Morgan fingerprint density at radius 2 is 1.77 bits per heavy atom. The first-order valence-corrected chi connectivity index (χ1v) is 9.95. The molecule has 1 fully saturated rings. The van der Waals surface area contributed by atoms with Crippen LogP contribution < -0.4 is 10.1 Å². The van der Waals surface area contributed by atoms with E-state index in [-0.39, 0.29) is 17.4 Å². The van der Waals surface area contributed by atoms with E-state index in [1.165, 1.54) is 0 Å². The molecule has 3 N–H and O–H groups in total. The molecule has 1 aliphatic carbocycles. The van der Waals surface area contributed by atoms with E-state index < -0.39 is 24.2 Å². The molecule has 1 aliphatic rings. The molecule has 4 atom stereocenters. The molecule has 0 radical (unpaired) electrons. The first-order valence-electron chi connectivity index (χ1n) is 9.95. The third-order valence-electron chi connectivity index (χ3n) is 5.55. The van der Waals surface area contributed by atoms with Crippen molar-refractivity contribution in [3.05, 3.63) is 89.6 Å². The van der Waals surface area contributed by atoms with Crippen LogP contribution in [0.4, 0.5) is 0 Å². The summed E-state index contributed by atoms with van der Waals surface area (Å²) in [5, 5.41) is 23.8. The van der Waals surface area contributed by atoms with Gasteiger partial charge in [0.2, 0.25) is 5.88 Å². The van der Waals surface area contributed by atoms with Gasteiger partial charge in [-0.25, -0.2) is 4.98 Å². The molecule has 0 saturated heterocycles. The number of aliphatic hydroxyl groups is 2. The normalized spacial score (nSPS) is 23.2. The second-order valence-electron chi connectivity index (χ2n) is 7.53. The lowest BCUT2D eigenvalue weighted by molar-refractivity contribution is 0.0294. The number of amides is 1. The van der Waals surface area contributed by atoms with Crippen molar-refractivity contribution in [3.63, 3.8) is 0 Å². The van der Waals surface area contributed by atoms with Crippen molar-refractivity contribution in [1.82, 2.24) is 10.3 Å². The summed E-state index contributed by atoms with van der Waals surface area (Å²) in [6, 6.07) is 19.6. The van der Waals surface area contributed by atoms with Gasteiger partial charge < -0.3 is 20.3 Å². The summed E-state index contributed by atoms with van der Waals surface area (Å²) in [5.41, 5.74) is 2.32. The van der Waals surface area contributed by atoms with Crippen LogP contribution >= 0.6 is 0 Å². The summed E-state index contributed by atoms with van der Waals surface area (Å²) in [4.78, 5) is 17.3. The maximum atomic E-state index is 13.1. The second kappa shape index (κ2) is 8.65. The number of aromatic nitrogens is 1. The maximum Gasteiger partial charge on any atom is 0.257 e. The summed E-state index contributed by atoms with van der Waals surface area (Å²) in [7, 11) is 0. The first-order chi connectivity index (χ1) is 14.5. The van der Waals surface area contributed by atoms with Crippen LogP contribution in [0.2, 0.25) is 0 Å². The number of hydrogen-bond acceptors (Lipinski definition) is 5. The molecule has 0 aliphatic heterocycles. The van der Waals surface area contributed by atoms with Crippen LogP contribution in [0.15, 0.2) is 72.9 Å². The molecule has 0 bridgehead atoms. The lowest BCUT2D eigenvalue weighted by Gasteiger charge is -2.25. The van der Waals surface area contributed by atoms with Crippen LogP contribution in [0.25, 0.3) is 0 Å². The number of nitrogens with zero attached hydrogens (tertiary/aromatic N) is 1. The lowest BCUT2D eigenvalue weighted by atomic mass is 9.90. The number of rotatable bonds is 5. The first kappa shape index (κ1) is 20.1. The molecule has 1 heterocycles. The zero-order valence-electron chi connectivity index (χ0n) is 16.6. The van der Waals surface area contributed by atoms with E-state index in [4.69, 9.17) is 4.74 Å². The van der Waals surface area contributed by atoms with Crippen molar-refractivity contribution >= 4 is 5.91 Å². The Hall–Kier alpha value is -3.22. The number of nitrogens with one attached hydrogen (secondary N) is 1. The van der Waals surface area contributed by atoms with Crippen molar-refractivity contribution in [1.29, 1.82) is 0 Å². The van der Waals surface area contributed by atoms with Gasteiger partial charge in [0.25, 0.3) is 5.91 Å². The minimum atomic E-state index is -1.06. The lowest BCUT2D eigenvalue weighted by Crippen LogP contribution is -2.45. The fourth-order valence-electron chi connectivity index (χ4n) is 4.01. The molecular weight excluding hydrogens is 380 g/mol. The maximum absolute atomic E-state index is 13.1. The van der Waals surface area contributed by atoms with E-state index in [1.807, 2.05) is 49.4 Å². The Balaban J connectivity index is 1.59. The van der Waals surface area contributed by atoms with Gasteiger partial charge in [0, 0.05) is 12.1 Å². The smallest absolute Gasteiger partial charge is 0.257 e. The van der Waals surface area contributed by atoms with Gasteiger partial charge in [0.15, 0.2) is 0 Å². The Kier molecular flexibility index (Phi) is 5.79. The van der Waals surface area contributed by atoms with Gasteiger partial charge in [0.05, 0.1) is 12.1 Å². The van der Waals surface area contributed by atoms with Crippen LogP contribution in [-0.4, -0.2) is 39.4 Å². The third-order valence-corrected chi connectivity index (χ3v) is 5.55. The van der Waals surface area contributed by atoms with Crippen LogP contribution in [0.3, 0.4) is 0 Å². The SMILES string of the molecule is Cc1ccccc1[C@H]1C[C@@H](O)[C@@H](O)[C@@H]1NC(=O)c1cccnc1Oc1ccccc1.